The normalized spacial score (nSPS) is 11.0. The highest BCUT2D eigenvalue weighted by atomic mass is 16.2. The van der Waals surface area contributed by atoms with Gasteiger partial charge in [-0.1, -0.05) is 24.3 Å². The van der Waals surface area contributed by atoms with Gasteiger partial charge in [0.15, 0.2) is 0 Å². The number of rotatable bonds is 5. The Morgan fingerprint density at radius 2 is 1.96 bits per heavy atom. The summed E-state index contributed by atoms with van der Waals surface area (Å²) in [6.45, 7) is 4.36. The van der Waals surface area contributed by atoms with E-state index >= 15 is 0 Å². The average molecular weight is 348 g/mol. The number of nitrogens with zero attached hydrogens (tertiary/aromatic N) is 2. The Kier molecular flexibility index (Phi) is 5.12. The number of benzene rings is 2. The quantitative estimate of drug-likeness (QED) is 0.548. The highest BCUT2D eigenvalue weighted by molar-refractivity contribution is 6.01. The Bertz CT molecular complexity index is 988. The fourth-order valence-electron chi connectivity index (χ4n) is 2.81. The molecule has 0 bridgehead atoms. The first-order valence-corrected chi connectivity index (χ1v) is 8.37. The molecule has 1 heterocycles. The molecule has 0 saturated heterocycles. The molecule has 0 saturated carbocycles. The maximum Gasteiger partial charge on any atom is 0.271 e. The van der Waals surface area contributed by atoms with E-state index in [9.17, 15) is 9.59 Å². The predicted octanol–water partition coefficient (Wildman–Crippen LogP) is 3.38. The number of carbonyl (C=O) groups excluding carboxylic acids is 2. The molecular formula is C20H20N4O2. The second-order valence-electron chi connectivity index (χ2n) is 5.85. The van der Waals surface area contributed by atoms with Crippen LogP contribution >= 0.6 is 0 Å². The molecule has 2 amide bonds. The fraction of sp³-hybridized carbons (Fsp3) is 0.150. The van der Waals surface area contributed by atoms with Crippen LogP contribution in [0.3, 0.4) is 0 Å². The van der Waals surface area contributed by atoms with Crippen LogP contribution in [0.1, 0.15) is 29.8 Å². The zero-order valence-corrected chi connectivity index (χ0v) is 14.7. The van der Waals surface area contributed by atoms with Crippen molar-refractivity contribution in [1.29, 1.82) is 0 Å². The van der Waals surface area contributed by atoms with Gasteiger partial charge in [0, 0.05) is 47.4 Å². The second-order valence-corrected chi connectivity index (χ2v) is 5.85. The predicted molar refractivity (Wildman–Crippen MR) is 103 cm³/mol. The summed E-state index contributed by atoms with van der Waals surface area (Å²) in [4.78, 5) is 23.4. The number of anilines is 1. The van der Waals surface area contributed by atoms with E-state index in [1.807, 2.05) is 24.4 Å². The van der Waals surface area contributed by atoms with Crippen molar-refractivity contribution in [3.05, 3.63) is 65.9 Å². The molecule has 26 heavy (non-hydrogen) atoms. The van der Waals surface area contributed by atoms with E-state index in [-0.39, 0.29) is 11.8 Å². The van der Waals surface area contributed by atoms with Crippen molar-refractivity contribution in [3.63, 3.8) is 0 Å². The van der Waals surface area contributed by atoms with E-state index in [2.05, 4.69) is 33.4 Å². The summed E-state index contributed by atoms with van der Waals surface area (Å²) in [5.41, 5.74) is 5.59. The second kappa shape index (κ2) is 7.65. The SMILES string of the molecule is CCn1cc(C=NNC(=O)c2cccc(NC(C)=O)c2)c2ccccc21. The standard InChI is InChI=1S/C20H20N4O2/c1-3-24-13-16(18-9-4-5-10-19(18)24)12-21-23-20(26)15-7-6-8-17(11-15)22-14(2)25/h4-13H,3H2,1-2H3,(H,22,25)(H,23,26). The third kappa shape index (κ3) is 3.80. The van der Waals surface area contributed by atoms with Crippen LogP contribution in [-0.4, -0.2) is 22.6 Å². The Morgan fingerprint density at radius 3 is 2.73 bits per heavy atom. The topological polar surface area (TPSA) is 75.5 Å². The monoisotopic (exact) mass is 348 g/mol. The summed E-state index contributed by atoms with van der Waals surface area (Å²) in [5, 5.41) is 7.82. The number of aryl methyl sites for hydroxylation is 1. The molecule has 0 atom stereocenters. The van der Waals surface area contributed by atoms with Gasteiger partial charge >= 0.3 is 0 Å². The number of nitrogens with one attached hydrogen (secondary N) is 2. The summed E-state index contributed by atoms with van der Waals surface area (Å²) in [6.07, 6.45) is 3.65. The van der Waals surface area contributed by atoms with E-state index < -0.39 is 0 Å². The first-order valence-electron chi connectivity index (χ1n) is 8.37. The maximum atomic E-state index is 12.3. The van der Waals surface area contributed by atoms with Gasteiger partial charge in [-0.2, -0.15) is 5.10 Å². The summed E-state index contributed by atoms with van der Waals surface area (Å²) in [5.74, 6) is -0.527. The fourth-order valence-corrected chi connectivity index (χ4v) is 2.81. The highest BCUT2D eigenvalue weighted by Crippen LogP contribution is 2.19. The van der Waals surface area contributed by atoms with Crippen molar-refractivity contribution in [2.75, 3.05) is 5.32 Å². The minimum absolute atomic E-state index is 0.187. The smallest absolute Gasteiger partial charge is 0.271 e. The molecule has 3 aromatic rings. The summed E-state index contributed by atoms with van der Waals surface area (Å²) in [7, 11) is 0. The number of aromatic nitrogens is 1. The Labute approximate surface area is 151 Å². The van der Waals surface area contributed by atoms with Crippen LogP contribution in [0.15, 0.2) is 59.8 Å². The maximum absolute atomic E-state index is 12.3. The van der Waals surface area contributed by atoms with Crippen LogP contribution < -0.4 is 10.7 Å². The molecule has 0 spiro atoms. The Hall–Kier alpha value is -3.41. The van der Waals surface area contributed by atoms with Gasteiger partial charge in [-0.25, -0.2) is 5.43 Å². The molecule has 6 nitrogen and oxygen atoms in total. The van der Waals surface area contributed by atoms with Gasteiger partial charge in [0.25, 0.3) is 5.91 Å². The molecule has 0 aliphatic heterocycles. The van der Waals surface area contributed by atoms with Gasteiger partial charge in [-0.3, -0.25) is 9.59 Å². The van der Waals surface area contributed by atoms with Crippen LogP contribution in [-0.2, 0) is 11.3 Å². The third-order valence-electron chi connectivity index (χ3n) is 3.97. The molecular weight excluding hydrogens is 328 g/mol. The van der Waals surface area contributed by atoms with Crippen LogP contribution in [0.25, 0.3) is 10.9 Å². The highest BCUT2D eigenvalue weighted by Gasteiger charge is 2.07. The van der Waals surface area contributed by atoms with Crippen molar-refractivity contribution in [3.8, 4) is 0 Å². The average Bonchev–Trinajstić information content (AvgIpc) is 2.99. The first kappa shape index (κ1) is 17.4. The van der Waals surface area contributed by atoms with Crippen LogP contribution in [0.5, 0.6) is 0 Å². The number of hydrogen-bond acceptors (Lipinski definition) is 3. The molecule has 0 unspecified atom stereocenters. The zero-order chi connectivity index (χ0) is 18.5. The summed E-state index contributed by atoms with van der Waals surface area (Å²) >= 11 is 0. The summed E-state index contributed by atoms with van der Waals surface area (Å²) < 4.78 is 2.13. The lowest BCUT2D eigenvalue weighted by Gasteiger charge is -2.04. The van der Waals surface area contributed by atoms with Crippen molar-refractivity contribution in [1.82, 2.24) is 9.99 Å². The van der Waals surface area contributed by atoms with E-state index in [4.69, 9.17) is 0 Å². The van der Waals surface area contributed by atoms with Gasteiger partial charge in [0.2, 0.25) is 5.91 Å². The molecule has 132 valence electrons. The number of amides is 2. The van der Waals surface area contributed by atoms with Gasteiger partial charge < -0.3 is 9.88 Å². The molecule has 6 heteroatoms. The van der Waals surface area contributed by atoms with Crippen molar-refractivity contribution in [2.45, 2.75) is 20.4 Å². The largest absolute Gasteiger partial charge is 0.347 e. The number of hydrogen-bond donors (Lipinski definition) is 2. The molecule has 3 rings (SSSR count). The number of carbonyl (C=O) groups is 2. The third-order valence-corrected chi connectivity index (χ3v) is 3.97. The molecule has 0 fully saturated rings. The molecule has 0 aliphatic rings. The lowest BCUT2D eigenvalue weighted by molar-refractivity contribution is -0.114. The van der Waals surface area contributed by atoms with Crippen LogP contribution in [0, 0.1) is 0 Å². The van der Waals surface area contributed by atoms with E-state index in [0.29, 0.717) is 11.3 Å². The van der Waals surface area contributed by atoms with E-state index in [1.54, 1.807) is 30.5 Å². The molecule has 2 aromatic carbocycles. The number of hydrazone groups is 1. The van der Waals surface area contributed by atoms with E-state index in [1.165, 1.54) is 6.92 Å². The minimum Gasteiger partial charge on any atom is -0.347 e. The van der Waals surface area contributed by atoms with Crippen LogP contribution in [0.2, 0.25) is 0 Å². The summed E-state index contributed by atoms with van der Waals surface area (Å²) in [6, 6.07) is 14.8. The van der Waals surface area contributed by atoms with Crippen molar-refractivity contribution < 1.29 is 9.59 Å². The van der Waals surface area contributed by atoms with Gasteiger partial charge in [0.05, 0.1) is 6.21 Å². The Balaban J connectivity index is 1.75. The van der Waals surface area contributed by atoms with Crippen molar-refractivity contribution in [2.24, 2.45) is 5.10 Å². The Morgan fingerprint density at radius 1 is 1.15 bits per heavy atom. The van der Waals surface area contributed by atoms with Gasteiger partial charge in [0.1, 0.15) is 0 Å². The minimum atomic E-state index is -0.340. The van der Waals surface area contributed by atoms with Crippen LogP contribution in [0.4, 0.5) is 5.69 Å². The van der Waals surface area contributed by atoms with Crippen molar-refractivity contribution >= 4 is 34.6 Å². The van der Waals surface area contributed by atoms with Gasteiger partial charge in [-0.05, 0) is 31.2 Å². The van der Waals surface area contributed by atoms with Gasteiger partial charge in [-0.15, -0.1) is 0 Å². The molecule has 2 N–H and O–H groups in total. The zero-order valence-electron chi connectivity index (χ0n) is 14.7. The molecule has 0 aliphatic carbocycles. The molecule has 0 radical (unpaired) electrons. The number of fused-ring (bicyclic) bond motifs is 1. The lowest BCUT2D eigenvalue weighted by Crippen LogP contribution is -2.18. The van der Waals surface area contributed by atoms with E-state index in [0.717, 1.165) is 23.0 Å². The lowest BCUT2D eigenvalue weighted by atomic mass is 10.2. The first-order chi connectivity index (χ1) is 12.6. The number of para-hydroxylation sites is 1. The molecule has 1 aromatic heterocycles.